The summed E-state index contributed by atoms with van der Waals surface area (Å²) in [6.45, 7) is 17.5. The minimum atomic E-state index is -1.81. The third kappa shape index (κ3) is 2.33. The molecule has 1 nitrogen and oxygen atoms in total. The van der Waals surface area contributed by atoms with Gasteiger partial charge >= 0.3 is 0 Å². The topological polar surface area (TPSA) is 9.23 Å². The lowest BCUT2D eigenvalue weighted by Gasteiger charge is -2.59. The van der Waals surface area contributed by atoms with Gasteiger partial charge in [0.15, 0.2) is 0 Å². The number of rotatable bonds is 1. The molecule has 1 saturated heterocycles. The number of hydrogen-bond acceptors (Lipinski definition) is 1. The summed E-state index contributed by atoms with van der Waals surface area (Å²) in [5.41, 5.74) is 0.0645. The van der Waals surface area contributed by atoms with Crippen LogP contribution in [-0.4, -0.2) is 28.1 Å². The smallest absolute Gasteiger partial charge is 0.205 e. The number of benzene rings is 1. The third-order valence-corrected chi connectivity index (χ3v) is 44.9. The van der Waals surface area contributed by atoms with Crippen molar-refractivity contribution in [3.05, 3.63) is 30.3 Å². The van der Waals surface area contributed by atoms with E-state index in [-0.39, 0.29) is 5.60 Å². The van der Waals surface area contributed by atoms with Crippen molar-refractivity contribution in [3.8, 4) is 0 Å². The largest absolute Gasteiger partial charge is 0.411 e. The molecule has 1 aromatic rings. The summed E-state index contributed by atoms with van der Waals surface area (Å²) >= 11 is 0. The van der Waals surface area contributed by atoms with Crippen LogP contribution in [0.2, 0.25) is 38.8 Å². The molecule has 1 aliphatic heterocycles. The average molecular weight is 309 g/mol. The van der Waals surface area contributed by atoms with E-state index in [2.05, 4.69) is 76.9 Å². The molecule has 1 heterocycles. The van der Waals surface area contributed by atoms with Gasteiger partial charge in [-0.2, -0.15) is 0 Å². The second-order valence-corrected chi connectivity index (χ2v) is 34.1. The van der Waals surface area contributed by atoms with E-state index in [0.717, 1.165) is 0 Å². The van der Waals surface area contributed by atoms with E-state index in [1.807, 2.05) is 0 Å². The van der Waals surface area contributed by atoms with Crippen LogP contribution in [0.3, 0.4) is 0 Å². The molecule has 4 heteroatoms. The van der Waals surface area contributed by atoms with Crippen LogP contribution in [-0.2, 0) is 4.43 Å². The Morgan fingerprint density at radius 3 is 2.00 bits per heavy atom. The molecule has 0 amide bonds. The van der Waals surface area contributed by atoms with Crippen LogP contribution in [0, 0.1) is 0 Å². The minimum Gasteiger partial charge on any atom is -0.411 e. The molecule has 106 valence electrons. The minimum absolute atomic E-state index is 0.0645. The monoisotopic (exact) mass is 308 g/mol. The first-order chi connectivity index (χ1) is 8.52. The quantitative estimate of drug-likeness (QED) is 0.716. The van der Waals surface area contributed by atoms with Crippen LogP contribution in [0.15, 0.2) is 30.3 Å². The van der Waals surface area contributed by atoms with Crippen molar-refractivity contribution in [1.82, 2.24) is 0 Å². The molecule has 0 radical (unpaired) electrons. The SMILES string of the molecule is CC1(C)C[Si](C)(C)[Si](C)(C)[Si](C)(c2ccccc2)O1. The maximum atomic E-state index is 6.83. The van der Waals surface area contributed by atoms with E-state index in [0.29, 0.717) is 0 Å². The van der Waals surface area contributed by atoms with Gasteiger partial charge in [-0.1, -0.05) is 56.5 Å². The van der Waals surface area contributed by atoms with Gasteiger partial charge in [0.2, 0.25) is 7.83 Å². The molecule has 1 aromatic carbocycles. The van der Waals surface area contributed by atoms with Crippen molar-refractivity contribution >= 4 is 27.7 Å². The summed E-state index contributed by atoms with van der Waals surface area (Å²) in [4.78, 5) is 0. The summed E-state index contributed by atoms with van der Waals surface area (Å²) < 4.78 is 6.83. The summed E-state index contributed by atoms with van der Waals surface area (Å²) in [5, 5.41) is 1.51. The summed E-state index contributed by atoms with van der Waals surface area (Å²) in [7, 11) is -4.35. The van der Waals surface area contributed by atoms with Gasteiger partial charge in [0.25, 0.3) is 0 Å². The lowest BCUT2D eigenvalue weighted by molar-refractivity contribution is 0.125. The zero-order valence-electron chi connectivity index (χ0n) is 13.5. The Bertz CT molecular complexity index is 468. The molecule has 0 bridgehead atoms. The molecular formula is C15H28OSi3. The Hall–Kier alpha value is -0.169. The van der Waals surface area contributed by atoms with Crippen molar-refractivity contribution in [2.24, 2.45) is 0 Å². The van der Waals surface area contributed by atoms with E-state index in [1.165, 1.54) is 11.2 Å². The predicted octanol–water partition coefficient (Wildman–Crippen LogP) is 3.85. The van der Waals surface area contributed by atoms with Gasteiger partial charge in [0.1, 0.15) is 0 Å². The van der Waals surface area contributed by atoms with Crippen LogP contribution in [0.4, 0.5) is 0 Å². The molecule has 2 rings (SSSR count). The van der Waals surface area contributed by atoms with E-state index in [4.69, 9.17) is 4.43 Å². The molecule has 0 aliphatic carbocycles. The Balaban J connectivity index is 2.59. The highest BCUT2D eigenvalue weighted by molar-refractivity contribution is 7.70. The van der Waals surface area contributed by atoms with Crippen molar-refractivity contribution in [2.75, 3.05) is 0 Å². The van der Waals surface area contributed by atoms with Crippen LogP contribution < -0.4 is 5.19 Å². The second kappa shape index (κ2) is 4.41. The summed E-state index contributed by atoms with van der Waals surface area (Å²) in [5.74, 6) is 0. The fraction of sp³-hybridized carbons (Fsp3) is 0.600. The lowest BCUT2D eigenvalue weighted by atomic mass is 10.2. The molecule has 1 atom stereocenters. The van der Waals surface area contributed by atoms with Crippen LogP contribution >= 0.6 is 0 Å². The molecule has 1 unspecified atom stereocenters. The van der Waals surface area contributed by atoms with Crippen molar-refractivity contribution in [2.45, 2.75) is 58.2 Å². The van der Waals surface area contributed by atoms with E-state index in [1.54, 1.807) is 0 Å². The average Bonchev–Trinajstić information content (AvgIpc) is 2.26. The van der Waals surface area contributed by atoms with Gasteiger partial charge in [-0.3, -0.25) is 0 Å². The van der Waals surface area contributed by atoms with Gasteiger partial charge in [-0.05, 0) is 31.6 Å². The van der Waals surface area contributed by atoms with E-state index in [9.17, 15) is 0 Å². The Kier molecular flexibility index (Phi) is 3.54. The Morgan fingerprint density at radius 2 is 1.47 bits per heavy atom. The zero-order chi connectivity index (χ0) is 14.5. The molecular weight excluding hydrogens is 280 g/mol. The maximum Gasteiger partial charge on any atom is 0.205 e. The highest BCUT2D eigenvalue weighted by Gasteiger charge is 2.63. The van der Waals surface area contributed by atoms with Crippen molar-refractivity contribution in [3.63, 3.8) is 0 Å². The highest BCUT2D eigenvalue weighted by atomic mass is 29.6. The fourth-order valence-corrected chi connectivity index (χ4v) is 35.9. The normalized spacial score (nSPS) is 31.9. The van der Waals surface area contributed by atoms with Crippen LogP contribution in [0.5, 0.6) is 0 Å². The third-order valence-electron chi connectivity index (χ3n) is 5.56. The first kappa shape index (κ1) is 15.2. The molecule has 19 heavy (non-hydrogen) atoms. The highest BCUT2D eigenvalue weighted by Crippen LogP contribution is 2.43. The lowest BCUT2D eigenvalue weighted by Crippen LogP contribution is -2.82. The van der Waals surface area contributed by atoms with E-state index >= 15 is 0 Å². The number of hydrogen-bond donors (Lipinski definition) is 0. The van der Waals surface area contributed by atoms with Crippen molar-refractivity contribution in [1.29, 1.82) is 0 Å². The maximum absolute atomic E-state index is 6.83. The Morgan fingerprint density at radius 1 is 0.947 bits per heavy atom. The summed E-state index contributed by atoms with van der Waals surface area (Å²) in [6.07, 6.45) is 0. The van der Waals surface area contributed by atoms with Gasteiger partial charge in [-0.25, -0.2) is 0 Å². The van der Waals surface area contributed by atoms with Crippen LogP contribution in [0.1, 0.15) is 13.8 Å². The predicted molar refractivity (Wildman–Crippen MR) is 92.6 cm³/mol. The molecule has 1 fully saturated rings. The van der Waals surface area contributed by atoms with Gasteiger partial charge < -0.3 is 4.43 Å². The summed E-state index contributed by atoms with van der Waals surface area (Å²) in [6, 6.07) is 12.4. The van der Waals surface area contributed by atoms with Crippen LogP contribution in [0.25, 0.3) is 0 Å². The van der Waals surface area contributed by atoms with Gasteiger partial charge in [-0.15, -0.1) is 0 Å². The first-order valence-electron chi connectivity index (χ1n) is 7.28. The molecule has 0 aromatic heterocycles. The molecule has 1 aliphatic rings. The Labute approximate surface area is 121 Å². The fourth-order valence-electron chi connectivity index (χ4n) is 3.82. The molecule has 0 spiro atoms. The zero-order valence-corrected chi connectivity index (χ0v) is 16.5. The van der Waals surface area contributed by atoms with Gasteiger partial charge in [0, 0.05) is 13.2 Å². The molecule has 0 saturated carbocycles. The standard InChI is InChI=1S/C15H28OSi3/c1-15(2)13-17(3,4)18(5,6)19(7,16-15)14-11-9-8-10-12-14/h8-12H,13H2,1-7H3. The first-order valence-corrected chi connectivity index (χ1v) is 17.9. The van der Waals surface area contributed by atoms with Gasteiger partial charge in [0.05, 0.1) is 7.11 Å². The molecule has 0 N–H and O–H groups in total. The second-order valence-electron chi connectivity index (χ2n) is 7.95. The van der Waals surface area contributed by atoms with E-state index < -0.39 is 22.5 Å². The van der Waals surface area contributed by atoms with Crippen molar-refractivity contribution < 1.29 is 4.43 Å².